The maximum absolute atomic E-state index is 13.8. The van der Waals surface area contributed by atoms with E-state index in [1.807, 2.05) is 32.3 Å². The van der Waals surface area contributed by atoms with Crippen molar-refractivity contribution in [3.8, 4) is 11.5 Å². The van der Waals surface area contributed by atoms with E-state index in [1.165, 1.54) is 0 Å². The zero-order valence-electron chi connectivity index (χ0n) is 22.5. The highest BCUT2D eigenvalue weighted by Crippen LogP contribution is 2.37. The predicted octanol–water partition coefficient (Wildman–Crippen LogP) is 4.97. The highest BCUT2D eigenvalue weighted by Gasteiger charge is 2.35. The molecule has 1 aliphatic heterocycles. The fourth-order valence-corrected chi connectivity index (χ4v) is 4.12. The average Bonchev–Trinajstić information content (AvgIpc) is 3.30. The molecule has 0 atom stereocenters. The Morgan fingerprint density at radius 3 is 2.46 bits per heavy atom. The second-order valence-electron chi connectivity index (χ2n) is 10.8. The molecule has 0 amide bonds. The van der Waals surface area contributed by atoms with Crippen LogP contribution >= 0.6 is 0 Å². The van der Waals surface area contributed by atoms with Crippen LogP contribution in [0.5, 0.6) is 11.5 Å². The Bertz CT molecular complexity index is 1210. The van der Waals surface area contributed by atoms with E-state index in [4.69, 9.17) is 19.4 Å². The molecular weight excluding hydrogens is 480 g/mol. The van der Waals surface area contributed by atoms with Gasteiger partial charge in [0.15, 0.2) is 17.3 Å². The third-order valence-electron chi connectivity index (χ3n) is 6.39. The number of methoxy groups -OCH3 is 1. The quantitative estimate of drug-likeness (QED) is 0.385. The third kappa shape index (κ3) is 6.57. The van der Waals surface area contributed by atoms with Crippen LogP contribution in [0.1, 0.15) is 45.7 Å². The van der Waals surface area contributed by atoms with Gasteiger partial charge in [-0.2, -0.15) is 10.1 Å². The summed E-state index contributed by atoms with van der Waals surface area (Å²) in [6, 6.07) is 5.60. The number of nitrogens with zero attached hydrogens (tertiary/aromatic N) is 5. The number of fused-ring (bicyclic) bond motifs is 1. The van der Waals surface area contributed by atoms with Crippen LogP contribution in [0.15, 0.2) is 18.2 Å². The van der Waals surface area contributed by atoms with Crippen molar-refractivity contribution in [3.63, 3.8) is 0 Å². The number of rotatable bonds is 9. The normalized spacial score (nSPS) is 15.9. The molecule has 11 heteroatoms. The van der Waals surface area contributed by atoms with Crippen molar-refractivity contribution < 1.29 is 18.3 Å². The van der Waals surface area contributed by atoms with E-state index in [0.29, 0.717) is 46.6 Å². The molecule has 3 heterocycles. The van der Waals surface area contributed by atoms with Crippen LogP contribution in [-0.4, -0.2) is 78.4 Å². The maximum atomic E-state index is 13.8. The molecule has 1 aromatic carbocycles. The number of alkyl halides is 2. The summed E-state index contributed by atoms with van der Waals surface area (Å²) < 4.78 is 39.3. The first-order chi connectivity index (χ1) is 17.4. The van der Waals surface area contributed by atoms with Gasteiger partial charge in [0.05, 0.1) is 19.2 Å². The Morgan fingerprint density at radius 1 is 1.11 bits per heavy atom. The summed E-state index contributed by atoms with van der Waals surface area (Å²) >= 11 is 0. The van der Waals surface area contributed by atoms with Crippen molar-refractivity contribution in [2.75, 3.05) is 57.7 Å². The van der Waals surface area contributed by atoms with Crippen molar-refractivity contribution in [1.29, 1.82) is 0 Å². The third-order valence-corrected chi connectivity index (χ3v) is 6.39. The van der Waals surface area contributed by atoms with Gasteiger partial charge in [0, 0.05) is 61.1 Å². The second-order valence-corrected chi connectivity index (χ2v) is 10.8. The van der Waals surface area contributed by atoms with Gasteiger partial charge in [-0.15, -0.1) is 0 Å². The van der Waals surface area contributed by atoms with E-state index in [-0.39, 0.29) is 31.3 Å². The summed E-state index contributed by atoms with van der Waals surface area (Å²) in [7, 11) is 5.63. The Hall–Kier alpha value is -3.21. The van der Waals surface area contributed by atoms with E-state index in [0.717, 1.165) is 18.7 Å². The van der Waals surface area contributed by atoms with Gasteiger partial charge >= 0.3 is 0 Å². The number of ether oxygens (including phenoxy) is 2. The SMILES string of the molecule is COc1cc2c(Nc3cc(C(C)(C)C)[nH]n3)nc(N3CCC(F)(F)CC3)nc2cc1OCCCN(C)C. The Labute approximate surface area is 216 Å². The summed E-state index contributed by atoms with van der Waals surface area (Å²) in [5, 5.41) is 11.5. The molecule has 0 saturated carbocycles. The van der Waals surface area contributed by atoms with Gasteiger partial charge in [-0.25, -0.2) is 13.8 Å². The summed E-state index contributed by atoms with van der Waals surface area (Å²) in [6.45, 7) is 8.07. The molecule has 1 saturated heterocycles. The topological polar surface area (TPSA) is 91.4 Å². The Balaban J connectivity index is 1.71. The standard InChI is InChI=1S/C26H37F2N7O2/c1-25(2,3)21-16-22(33-32-21)30-23-17-14-19(36-6)20(37-13-7-10-34(4)5)15-18(17)29-24(31-23)35-11-8-26(27,28)9-12-35/h14-16H,7-13H2,1-6H3,(H2,29,30,31,32,33). The highest BCUT2D eigenvalue weighted by atomic mass is 19.3. The Morgan fingerprint density at radius 2 is 1.84 bits per heavy atom. The molecule has 0 bridgehead atoms. The van der Waals surface area contributed by atoms with Gasteiger partial charge in [0.1, 0.15) is 5.82 Å². The molecule has 0 radical (unpaired) electrons. The van der Waals surface area contributed by atoms with Crippen LogP contribution in [0, 0.1) is 0 Å². The largest absolute Gasteiger partial charge is 0.493 e. The lowest BCUT2D eigenvalue weighted by molar-refractivity contribution is -0.0222. The Kier molecular flexibility index (Phi) is 7.72. The van der Waals surface area contributed by atoms with Crippen molar-refractivity contribution in [2.24, 2.45) is 0 Å². The number of H-pyrrole nitrogens is 1. The highest BCUT2D eigenvalue weighted by molar-refractivity contribution is 5.94. The first-order valence-corrected chi connectivity index (χ1v) is 12.6. The van der Waals surface area contributed by atoms with Gasteiger partial charge in [0.25, 0.3) is 5.92 Å². The molecule has 37 heavy (non-hydrogen) atoms. The molecule has 2 aromatic heterocycles. The van der Waals surface area contributed by atoms with E-state index < -0.39 is 5.92 Å². The van der Waals surface area contributed by atoms with Crippen LogP contribution < -0.4 is 19.7 Å². The van der Waals surface area contributed by atoms with E-state index in [1.54, 1.807) is 12.0 Å². The minimum absolute atomic E-state index is 0.104. The predicted molar refractivity (Wildman–Crippen MR) is 142 cm³/mol. The number of nitrogens with one attached hydrogen (secondary N) is 2. The van der Waals surface area contributed by atoms with Crippen LogP contribution in [0.2, 0.25) is 0 Å². The van der Waals surface area contributed by atoms with Crippen molar-refractivity contribution in [2.45, 2.75) is 51.4 Å². The van der Waals surface area contributed by atoms with Crippen molar-refractivity contribution >= 4 is 28.5 Å². The fraction of sp³-hybridized carbons (Fsp3) is 0.577. The van der Waals surface area contributed by atoms with Gasteiger partial charge in [-0.3, -0.25) is 5.10 Å². The number of hydrogen-bond acceptors (Lipinski definition) is 8. The van der Waals surface area contributed by atoms with Gasteiger partial charge in [-0.1, -0.05) is 20.8 Å². The monoisotopic (exact) mass is 517 g/mol. The lowest BCUT2D eigenvalue weighted by atomic mass is 9.92. The molecule has 0 unspecified atom stereocenters. The lowest BCUT2D eigenvalue weighted by Crippen LogP contribution is -2.40. The number of aromatic amines is 1. The lowest BCUT2D eigenvalue weighted by Gasteiger charge is -2.32. The van der Waals surface area contributed by atoms with Crippen molar-refractivity contribution in [3.05, 3.63) is 23.9 Å². The van der Waals surface area contributed by atoms with Crippen LogP contribution in [0.25, 0.3) is 10.9 Å². The zero-order valence-corrected chi connectivity index (χ0v) is 22.5. The molecule has 2 N–H and O–H groups in total. The molecule has 0 spiro atoms. The zero-order chi connectivity index (χ0) is 26.8. The number of piperidine rings is 1. The van der Waals surface area contributed by atoms with E-state index in [2.05, 4.69) is 41.2 Å². The summed E-state index contributed by atoms with van der Waals surface area (Å²) in [4.78, 5) is 13.4. The fourth-order valence-electron chi connectivity index (χ4n) is 4.12. The molecule has 9 nitrogen and oxygen atoms in total. The molecule has 0 aliphatic carbocycles. The maximum Gasteiger partial charge on any atom is 0.251 e. The first kappa shape index (κ1) is 26.8. The molecular formula is C26H37F2N7O2. The van der Waals surface area contributed by atoms with Gasteiger partial charge < -0.3 is 24.6 Å². The number of halogens is 2. The molecule has 1 fully saturated rings. The van der Waals surface area contributed by atoms with Crippen LogP contribution in [0.3, 0.4) is 0 Å². The number of benzene rings is 1. The number of hydrogen-bond donors (Lipinski definition) is 2. The summed E-state index contributed by atoms with van der Waals surface area (Å²) in [5.41, 5.74) is 1.49. The molecule has 202 valence electrons. The molecule has 3 aromatic rings. The van der Waals surface area contributed by atoms with Crippen molar-refractivity contribution in [1.82, 2.24) is 25.1 Å². The minimum Gasteiger partial charge on any atom is -0.493 e. The first-order valence-electron chi connectivity index (χ1n) is 12.6. The summed E-state index contributed by atoms with van der Waals surface area (Å²) in [6.07, 6.45) is 0.399. The van der Waals surface area contributed by atoms with Crippen LogP contribution in [-0.2, 0) is 5.41 Å². The van der Waals surface area contributed by atoms with Gasteiger partial charge in [-0.05, 0) is 26.6 Å². The van der Waals surface area contributed by atoms with E-state index in [9.17, 15) is 8.78 Å². The molecule has 4 rings (SSSR count). The van der Waals surface area contributed by atoms with Gasteiger partial charge in [0.2, 0.25) is 5.95 Å². The van der Waals surface area contributed by atoms with Crippen LogP contribution in [0.4, 0.5) is 26.4 Å². The second kappa shape index (κ2) is 10.6. The minimum atomic E-state index is -2.66. The number of anilines is 3. The van der Waals surface area contributed by atoms with E-state index >= 15 is 0 Å². The smallest absolute Gasteiger partial charge is 0.251 e. The summed E-state index contributed by atoms with van der Waals surface area (Å²) in [5.74, 6) is -0.0176. The molecule has 1 aliphatic rings. The number of aromatic nitrogens is 4. The average molecular weight is 518 g/mol.